The van der Waals surface area contributed by atoms with Crippen LogP contribution in [0.3, 0.4) is 0 Å². The molecule has 0 bridgehead atoms. The van der Waals surface area contributed by atoms with E-state index in [9.17, 15) is 0 Å². The molecule has 3 aromatic heterocycles. The lowest BCUT2D eigenvalue weighted by molar-refractivity contribution is 0.672. The Bertz CT molecular complexity index is 2820. The number of anilines is 3. The third kappa shape index (κ3) is 4.42. The highest BCUT2D eigenvalue weighted by Gasteiger charge is 2.19. The molecule has 4 heteroatoms. The van der Waals surface area contributed by atoms with Crippen LogP contribution < -0.4 is 4.90 Å². The van der Waals surface area contributed by atoms with Crippen LogP contribution >= 0.6 is 0 Å². The topological polar surface area (TPSA) is 34.2 Å². The lowest BCUT2D eigenvalue weighted by Crippen LogP contribution is -2.10. The zero-order valence-electron chi connectivity index (χ0n) is 26.5. The van der Waals surface area contributed by atoms with E-state index in [0.717, 1.165) is 61.1 Å². The Balaban J connectivity index is 1.21. The third-order valence-corrected chi connectivity index (χ3v) is 9.62. The van der Waals surface area contributed by atoms with Crippen molar-refractivity contribution >= 4 is 71.7 Å². The Morgan fingerprint density at radius 3 is 1.96 bits per heavy atom. The molecule has 0 saturated carbocycles. The van der Waals surface area contributed by atoms with Gasteiger partial charge in [0.2, 0.25) is 0 Å². The predicted molar refractivity (Wildman–Crippen MR) is 203 cm³/mol. The van der Waals surface area contributed by atoms with Crippen molar-refractivity contribution in [2.75, 3.05) is 4.90 Å². The summed E-state index contributed by atoms with van der Waals surface area (Å²) in [5.74, 6) is 0. The summed E-state index contributed by atoms with van der Waals surface area (Å²) < 4.78 is 8.84. The predicted octanol–water partition coefficient (Wildman–Crippen LogP) is 12.4. The molecule has 0 fully saturated rings. The first-order chi connectivity index (χ1) is 24.3. The fourth-order valence-electron chi connectivity index (χ4n) is 7.35. The van der Waals surface area contributed by atoms with Gasteiger partial charge in [-0.25, -0.2) is 0 Å². The summed E-state index contributed by atoms with van der Waals surface area (Å²) in [5.41, 5.74) is 11.7. The molecule has 0 atom stereocenters. The summed E-state index contributed by atoms with van der Waals surface area (Å²) in [6.45, 7) is 0. The van der Waals surface area contributed by atoms with Crippen molar-refractivity contribution in [1.29, 1.82) is 0 Å². The van der Waals surface area contributed by atoms with E-state index in [4.69, 9.17) is 4.42 Å². The zero-order chi connectivity index (χ0) is 32.3. The van der Waals surface area contributed by atoms with E-state index >= 15 is 0 Å². The first-order valence-electron chi connectivity index (χ1n) is 16.5. The molecule has 0 radical (unpaired) electrons. The van der Waals surface area contributed by atoms with E-state index in [-0.39, 0.29) is 0 Å². The number of fused-ring (bicyclic) bond motifs is 8. The summed E-state index contributed by atoms with van der Waals surface area (Å²) >= 11 is 0. The zero-order valence-corrected chi connectivity index (χ0v) is 26.5. The van der Waals surface area contributed by atoms with Gasteiger partial charge in [-0.15, -0.1) is 0 Å². The van der Waals surface area contributed by atoms with Crippen molar-refractivity contribution in [3.63, 3.8) is 0 Å². The lowest BCUT2D eigenvalue weighted by Gasteiger charge is -2.26. The molecule has 0 aliphatic heterocycles. The maximum Gasteiger partial charge on any atom is 0.144 e. The van der Waals surface area contributed by atoms with Crippen LogP contribution in [-0.4, -0.2) is 9.55 Å². The SMILES string of the molecule is c1ccc(-c2ccc(N(c3ccc4oc5c6cccnc6ccc5c4c3)c3ccc4c5ccccc5n(-c5ccccc5)c4c3)cc2)cc1. The fourth-order valence-corrected chi connectivity index (χ4v) is 7.35. The second kappa shape index (κ2) is 11.0. The van der Waals surface area contributed by atoms with Gasteiger partial charge in [0.15, 0.2) is 0 Å². The van der Waals surface area contributed by atoms with Crippen LogP contribution in [0.2, 0.25) is 0 Å². The average Bonchev–Trinajstić information content (AvgIpc) is 3.71. The molecule has 10 aromatic rings. The highest BCUT2D eigenvalue weighted by Crippen LogP contribution is 2.42. The molecule has 0 spiro atoms. The normalized spacial score (nSPS) is 11.7. The minimum atomic E-state index is 0.856. The van der Waals surface area contributed by atoms with E-state index in [1.165, 1.54) is 27.4 Å². The molecule has 10 rings (SSSR count). The van der Waals surface area contributed by atoms with Gasteiger partial charge in [0.05, 0.1) is 16.6 Å². The van der Waals surface area contributed by atoms with Gasteiger partial charge >= 0.3 is 0 Å². The lowest BCUT2D eigenvalue weighted by atomic mass is 10.0. The van der Waals surface area contributed by atoms with Crippen molar-refractivity contribution in [3.8, 4) is 16.8 Å². The van der Waals surface area contributed by atoms with Crippen LogP contribution in [0.5, 0.6) is 0 Å². The first kappa shape index (κ1) is 27.5. The molecule has 3 heterocycles. The molecule has 0 unspecified atom stereocenters. The molecule has 230 valence electrons. The van der Waals surface area contributed by atoms with E-state index < -0.39 is 0 Å². The molecule has 0 saturated heterocycles. The first-order valence-corrected chi connectivity index (χ1v) is 16.5. The largest absolute Gasteiger partial charge is 0.455 e. The molecule has 0 aliphatic carbocycles. The Labute approximate surface area is 282 Å². The Kier molecular flexibility index (Phi) is 6.15. The molecular formula is C45H29N3O. The fraction of sp³-hybridized carbons (Fsp3) is 0. The highest BCUT2D eigenvalue weighted by molar-refractivity contribution is 6.15. The molecule has 0 N–H and O–H groups in total. The van der Waals surface area contributed by atoms with Crippen LogP contribution in [0.4, 0.5) is 17.1 Å². The van der Waals surface area contributed by atoms with Crippen LogP contribution in [0.15, 0.2) is 180 Å². The number of hydrogen-bond acceptors (Lipinski definition) is 3. The molecule has 4 nitrogen and oxygen atoms in total. The van der Waals surface area contributed by atoms with Gasteiger partial charge in [0, 0.05) is 55.9 Å². The van der Waals surface area contributed by atoms with E-state index in [2.05, 4.69) is 178 Å². The van der Waals surface area contributed by atoms with E-state index in [1.807, 2.05) is 12.3 Å². The highest BCUT2D eigenvalue weighted by atomic mass is 16.3. The van der Waals surface area contributed by atoms with Gasteiger partial charge in [-0.2, -0.15) is 0 Å². The third-order valence-electron chi connectivity index (χ3n) is 9.62. The van der Waals surface area contributed by atoms with Crippen LogP contribution in [0.1, 0.15) is 0 Å². The average molecular weight is 628 g/mol. The van der Waals surface area contributed by atoms with Crippen LogP contribution in [-0.2, 0) is 0 Å². The monoisotopic (exact) mass is 627 g/mol. The maximum absolute atomic E-state index is 6.47. The Hall–Kier alpha value is -6.65. The number of benzene rings is 7. The number of nitrogens with zero attached hydrogens (tertiary/aromatic N) is 3. The summed E-state index contributed by atoms with van der Waals surface area (Å²) in [5, 5.41) is 5.63. The van der Waals surface area contributed by atoms with E-state index in [0.29, 0.717) is 0 Å². The van der Waals surface area contributed by atoms with Crippen LogP contribution in [0, 0.1) is 0 Å². The number of para-hydroxylation sites is 2. The number of hydrogen-bond donors (Lipinski definition) is 0. The number of furan rings is 1. The van der Waals surface area contributed by atoms with Crippen molar-refractivity contribution in [1.82, 2.24) is 9.55 Å². The van der Waals surface area contributed by atoms with Gasteiger partial charge in [-0.3, -0.25) is 4.98 Å². The molecule has 49 heavy (non-hydrogen) atoms. The second-order valence-corrected chi connectivity index (χ2v) is 12.4. The summed E-state index contributed by atoms with van der Waals surface area (Å²) in [6, 6.07) is 60.3. The van der Waals surface area contributed by atoms with Gasteiger partial charge in [-0.05, 0) is 96.1 Å². The quantitative estimate of drug-likeness (QED) is 0.190. The molecular weight excluding hydrogens is 599 g/mol. The maximum atomic E-state index is 6.47. The van der Waals surface area contributed by atoms with Gasteiger partial charge in [0.1, 0.15) is 11.2 Å². The number of aromatic nitrogens is 2. The molecule has 0 aliphatic rings. The summed E-state index contributed by atoms with van der Waals surface area (Å²) in [4.78, 5) is 6.90. The molecule has 7 aromatic carbocycles. The van der Waals surface area contributed by atoms with Crippen molar-refractivity contribution in [2.24, 2.45) is 0 Å². The summed E-state index contributed by atoms with van der Waals surface area (Å²) in [6.07, 6.45) is 1.82. The standard InChI is InChI=1S/C45H29N3O/c1-3-10-30(11-4-1)31-17-19-33(20-18-31)47(34-22-26-44-40(28-34)38-24-25-41-39(45(38)49-44)15-9-27-46-41)35-21-23-37-36-14-7-8-16-42(36)48(43(37)29-35)32-12-5-2-6-13-32/h1-29H. The minimum Gasteiger partial charge on any atom is -0.455 e. The Morgan fingerprint density at radius 2 is 1.10 bits per heavy atom. The van der Waals surface area contributed by atoms with Gasteiger partial charge in [0.25, 0.3) is 0 Å². The second-order valence-electron chi connectivity index (χ2n) is 12.4. The van der Waals surface area contributed by atoms with Crippen molar-refractivity contribution < 1.29 is 4.42 Å². The van der Waals surface area contributed by atoms with Crippen LogP contribution in [0.25, 0.3) is 71.5 Å². The molecule has 0 amide bonds. The van der Waals surface area contributed by atoms with Crippen molar-refractivity contribution in [2.45, 2.75) is 0 Å². The van der Waals surface area contributed by atoms with Crippen molar-refractivity contribution in [3.05, 3.63) is 176 Å². The smallest absolute Gasteiger partial charge is 0.144 e. The van der Waals surface area contributed by atoms with Gasteiger partial charge in [-0.1, -0.05) is 84.9 Å². The Morgan fingerprint density at radius 1 is 0.449 bits per heavy atom. The summed E-state index contributed by atoms with van der Waals surface area (Å²) in [7, 11) is 0. The van der Waals surface area contributed by atoms with Gasteiger partial charge < -0.3 is 13.9 Å². The number of pyridine rings is 1. The number of rotatable bonds is 5. The minimum absolute atomic E-state index is 0.856. The van der Waals surface area contributed by atoms with E-state index in [1.54, 1.807) is 0 Å².